The van der Waals surface area contributed by atoms with E-state index in [0.29, 0.717) is 0 Å². The molecular formula is C21H27FN10O10P2S2. The van der Waals surface area contributed by atoms with Gasteiger partial charge in [0.1, 0.15) is 36.3 Å². The second kappa shape index (κ2) is 12.7. The fraction of sp³-hybridized carbons (Fsp3) is 0.524. The van der Waals surface area contributed by atoms with Crippen molar-refractivity contribution in [2.75, 3.05) is 31.8 Å². The van der Waals surface area contributed by atoms with Crippen molar-refractivity contribution >= 4 is 71.7 Å². The van der Waals surface area contributed by atoms with E-state index in [0.717, 1.165) is 7.11 Å². The molecule has 0 amide bonds. The van der Waals surface area contributed by atoms with Crippen LogP contribution in [0.15, 0.2) is 23.8 Å². The highest BCUT2D eigenvalue weighted by Gasteiger charge is 2.50. The summed E-state index contributed by atoms with van der Waals surface area (Å²) in [5, 5.41) is 11.3. The lowest BCUT2D eigenvalue weighted by atomic mass is 10.1. The number of aromatic amines is 1. The Morgan fingerprint density at radius 1 is 1.13 bits per heavy atom. The normalized spacial score (nSPS) is 29.4. The lowest BCUT2D eigenvalue weighted by Crippen LogP contribution is -2.35. The monoisotopic (exact) mass is 724 g/mol. The molecular weight excluding hydrogens is 697 g/mol. The van der Waals surface area contributed by atoms with Crippen LogP contribution in [-0.2, 0) is 43.9 Å². The zero-order valence-electron chi connectivity index (χ0n) is 23.5. The van der Waals surface area contributed by atoms with Crippen molar-refractivity contribution in [3.05, 3.63) is 29.3 Å². The summed E-state index contributed by atoms with van der Waals surface area (Å²) in [7, 11) is 1.15. The van der Waals surface area contributed by atoms with E-state index in [1.807, 2.05) is 0 Å². The standard InChI is InChI=1S/C21H27FN10O10P2S2/c1-37-43(35,45)39-4-10-14(13(33)20(41-10)31-6-27-11-15(23)25-5-26-16(11)31)42-44(36,46)38-3-8-2-9(22)19(40-8)32-7-28-12-17(32)29-21(24)30-18(12)34/h5-10,13-14,19-20,33H,2-4H2,1H3,(H,35,45)(H,36,46)(H2,23,25,26)(H3,24,29,30,34)/t8-,9+,10+,13+,14+,19+,20+,43?,44?/m0/s1. The molecule has 0 radical (unpaired) electrons. The van der Waals surface area contributed by atoms with Gasteiger partial charge in [-0.2, -0.15) is 4.98 Å². The Hall–Kier alpha value is -2.66. The van der Waals surface area contributed by atoms with E-state index in [4.69, 9.17) is 50.8 Å². The van der Waals surface area contributed by atoms with Crippen LogP contribution in [0.1, 0.15) is 18.9 Å². The molecule has 4 aromatic rings. The Bertz CT molecular complexity index is 1920. The zero-order chi connectivity index (χ0) is 33.0. The second-order valence-corrected chi connectivity index (χ2v) is 15.9. The molecule has 0 saturated carbocycles. The molecule has 0 spiro atoms. The summed E-state index contributed by atoms with van der Waals surface area (Å²) in [6, 6.07) is 0. The van der Waals surface area contributed by atoms with Gasteiger partial charge in [0.2, 0.25) is 5.95 Å². The van der Waals surface area contributed by atoms with E-state index in [-0.39, 0.29) is 40.5 Å². The molecule has 9 atom stereocenters. The lowest BCUT2D eigenvalue weighted by molar-refractivity contribution is -0.0490. The summed E-state index contributed by atoms with van der Waals surface area (Å²) in [6.07, 6.45) is -5.70. The highest BCUT2D eigenvalue weighted by molar-refractivity contribution is 8.44. The molecule has 7 N–H and O–H groups in total. The fourth-order valence-electron chi connectivity index (χ4n) is 5.03. The smallest absolute Gasteiger partial charge is 0.386 e. The van der Waals surface area contributed by atoms with E-state index in [9.17, 15) is 19.4 Å². The maximum Gasteiger partial charge on any atom is 0.386 e. The van der Waals surface area contributed by atoms with Gasteiger partial charge in [-0.1, -0.05) is 12.2 Å². The number of alkyl halides is 1. The van der Waals surface area contributed by atoms with Gasteiger partial charge in [-0.15, -0.1) is 0 Å². The first-order chi connectivity index (χ1) is 21.8. The SMILES string of the molecule is COP(O)(=S)OC[C@H]1O[C@@H](n2cnc3c(N)ncnc32)[C@H](O)[C@@H]1OP(=O)(S)OC[C@@H]1C[C@@H](F)[C@H](n2cnc3c(=O)[nH]c(N)nc32)O1. The van der Waals surface area contributed by atoms with Gasteiger partial charge in [-0.05, 0) is 11.8 Å². The van der Waals surface area contributed by atoms with Crippen LogP contribution in [0.5, 0.6) is 0 Å². The molecule has 250 valence electrons. The van der Waals surface area contributed by atoms with E-state index in [1.165, 1.54) is 28.1 Å². The van der Waals surface area contributed by atoms with Crippen LogP contribution in [0.25, 0.3) is 22.3 Å². The minimum absolute atomic E-state index is 0.0124. The summed E-state index contributed by atoms with van der Waals surface area (Å²) >= 11 is 8.92. The maximum atomic E-state index is 15.1. The van der Waals surface area contributed by atoms with Crippen LogP contribution in [0, 0.1) is 0 Å². The third-order valence-electron chi connectivity index (χ3n) is 7.14. The number of nitrogens with one attached hydrogen (secondary N) is 1. The minimum Gasteiger partial charge on any atom is -0.386 e. The van der Waals surface area contributed by atoms with Gasteiger partial charge in [-0.3, -0.25) is 28.0 Å². The number of nitrogens with two attached hydrogens (primary N) is 2. The van der Waals surface area contributed by atoms with Gasteiger partial charge in [0.15, 0.2) is 35.1 Å². The molecule has 2 unspecified atom stereocenters. The molecule has 0 aromatic carbocycles. The number of imidazole rings is 2. The van der Waals surface area contributed by atoms with Gasteiger partial charge >= 0.3 is 13.5 Å². The molecule has 2 saturated heterocycles. The summed E-state index contributed by atoms with van der Waals surface area (Å²) in [5.41, 5.74) is 11.3. The third kappa shape index (κ3) is 6.55. The average Bonchev–Trinajstić information content (AvgIpc) is 3.77. The van der Waals surface area contributed by atoms with Crippen molar-refractivity contribution in [3.8, 4) is 0 Å². The number of nitrogen functional groups attached to an aromatic ring is 2. The molecule has 20 nitrogen and oxygen atoms in total. The summed E-state index contributed by atoms with van der Waals surface area (Å²) < 4.78 is 63.9. The molecule has 4 aromatic heterocycles. The van der Waals surface area contributed by atoms with Crippen LogP contribution in [0.2, 0.25) is 0 Å². The number of nitrogens with zero attached hydrogens (tertiary/aromatic N) is 7. The Morgan fingerprint density at radius 2 is 1.85 bits per heavy atom. The number of aliphatic hydroxyl groups is 1. The van der Waals surface area contributed by atoms with Gasteiger partial charge in [0.25, 0.3) is 5.56 Å². The minimum atomic E-state index is -4.33. The highest BCUT2D eigenvalue weighted by atomic mass is 32.7. The number of halogens is 1. The van der Waals surface area contributed by atoms with E-state index in [1.54, 1.807) is 0 Å². The number of hydrogen-bond donors (Lipinski definition) is 6. The number of aromatic nitrogens is 8. The summed E-state index contributed by atoms with van der Waals surface area (Å²) in [5.74, 6) is -0.106. The number of ether oxygens (including phenoxy) is 2. The molecule has 6 heterocycles. The first-order valence-electron chi connectivity index (χ1n) is 13.2. The van der Waals surface area contributed by atoms with Crippen LogP contribution in [-0.4, -0.2) is 99.9 Å². The molecule has 2 aliphatic rings. The van der Waals surface area contributed by atoms with Gasteiger partial charge in [0.05, 0.1) is 32.0 Å². The molecule has 46 heavy (non-hydrogen) atoms. The van der Waals surface area contributed by atoms with Crippen LogP contribution < -0.4 is 17.0 Å². The van der Waals surface area contributed by atoms with Crippen molar-refractivity contribution in [2.45, 2.75) is 49.5 Å². The lowest BCUT2D eigenvalue weighted by Gasteiger charge is -2.25. The molecule has 0 bridgehead atoms. The quantitative estimate of drug-likeness (QED) is 0.0898. The number of fused-ring (bicyclic) bond motifs is 2. The predicted octanol–water partition coefficient (Wildman–Crippen LogP) is 0.327. The van der Waals surface area contributed by atoms with Crippen molar-refractivity contribution in [2.24, 2.45) is 0 Å². The van der Waals surface area contributed by atoms with Gasteiger partial charge in [-0.25, -0.2) is 28.9 Å². The molecule has 25 heteroatoms. The number of anilines is 2. The Labute approximate surface area is 267 Å². The predicted molar refractivity (Wildman–Crippen MR) is 163 cm³/mol. The summed E-state index contributed by atoms with van der Waals surface area (Å²) in [4.78, 5) is 44.6. The van der Waals surface area contributed by atoms with Crippen LogP contribution in [0.3, 0.4) is 0 Å². The van der Waals surface area contributed by atoms with Crippen molar-refractivity contribution < 1.29 is 46.5 Å². The van der Waals surface area contributed by atoms with Crippen molar-refractivity contribution in [3.63, 3.8) is 0 Å². The number of rotatable bonds is 11. The number of H-pyrrole nitrogens is 1. The maximum absolute atomic E-state index is 15.1. The van der Waals surface area contributed by atoms with Crippen LogP contribution in [0.4, 0.5) is 16.2 Å². The molecule has 6 rings (SSSR count). The third-order valence-corrected chi connectivity index (χ3v) is 10.5. The van der Waals surface area contributed by atoms with E-state index in [2.05, 4.69) is 42.2 Å². The Morgan fingerprint density at radius 3 is 2.59 bits per heavy atom. The largest absolute Gasteiger partial charge is 0.386 e. The van der Waals surface area contributed by atoms with Gasteiger partial charge in [0, 0.05) is 13.5 Å². The summed E-state index contributed by atoms with van der Waals surface area (Å²) in [6.45, 7) is -8.92. The average molecular weight is 725 g/mol. The Kier molecular flexibility index (Phi) is 9.21. The van der Waals surface area contributed by atoms with E-state index >= 15 is 4.39 Å². The van der Waals surface area contributed by atoms with Crippen molar-refractivity contribution in [1.82, 2.24) is 39.0 Å². The van der Waals surface area contributed by atoms with Gasteiger partial charge < -0.3 is 40.0 Å². The molecule has 0 aliphatic carbocycles. The van der Waals surface area contributed by atoms with Crippen molar-refractivity contribution in [1.29, 1.82) is 0 Å². The second-order valence-electron chi connectivity index (χ2n) is 10.1. The molecule has 2 fully saturated rings. The van der Waals surface area contributed by atoms with Crippen LogP contribution >= 0.6 is 25.8 Å². The number of hydrogen-bond acceptors (Lipinski definition) is 17. The zero-order valence-corrected chi connectivity index (χ0v) is 27.0. The topological polar surface area (TPSA) is 272 Å². The first kappa shape index (κ1) is 33.2. The Balaban J connectivity index is 1.16. The first-order valence-corrected chi connectivity index (χ1v) is 18.5. The fourth-order valence-corrected chi connectivity index (χ4v) is 7.17. The molecule has 2 aliphatic heterocycles. The number of thiol groups is 1. The highest BCUT2D eigenvalue weighted by Crippen LogP contribution is 2.57. The number of aliphatic hydroxyl groups excluding tert-OH is 1. The van der Waals surface area contributed by atoms with E-state index < -0.39 is 75.3 Å².